The molecule has 1 aliphatic carbocycles. The van der Waals surface area contributed by atoms with Crippen molar-refractivity contribution in [3.63, 3.8) is 0 Å². The molecule has 4 atom stereocenters. The summed E-state index contributed by atoms with van der Waals surface area (Å²) in [5, 5.41) is 3.85. The lowest BCUT2D eigenvalue weighted by Crippen LogP contribution is -2.66. The van der Waals surface area contributed by atoms with Crippen molar-refractivity contribution in [2.24, 2.45) is 17.3 Å². The SMILES string of the molecule is CC(C)CC(CNC1C2CCOC2C1(C)C)N(C)C. The Labute approximate surface area is 119 Å². The smallest absolute Gasteiger partial charge is 0.0685 e. The van der Waals surface area contributed by atoms with Gasteiger partial charge in [0.1, 0.15) is 0 Å². The largest absolute Gasteiger partial charge is 0.377 e. The molecule has 1 saturated carbocycles. The first kappa shape index (κ1) is 15.3. The summed E-state index contributed by atoms with van der Waals surface area (Å²) < 4.78 is 5.87. The van der Waals surface area contributed by atoms with Crippen LogP contribution in [0.25, 0.3) is 0 Å². The maximum atomic E-state index is 5.87. The summed E-state index contributed by atoms with van der Waals surface area (Å²) in [4.78, 5) is 2.36. The Bertz CT molecular complexity index is 301. The van der Waals surface area contributed by atoms with E-state index in [1.54, 1.807) is 0 Å². The fraction of sp³-hybridized carbons (Fsp3) is 1.00. The van der Waals surface area contributed by atoms with E-state index in [1.165, 1.54) is 12.8 Å². The van der Waals surface area contributed by atoms with Gasteiger partial charge < -0.3 is 15.0 Å². The lowest BCUT2D eigenvalue weighted by molar-refractivity contribution is -0.113. The molecule has 1 saturated heterocycles. The second-order valence-corrected chi connectivity index (χ2v) is 7.70. The molecule has 0 radical (unpaired) electrons. The molecule has 0 spiro atoms. The third kappa shape index (κ3) is 2.98. The van der Waals surface area contributed by atoms with Gasteiger partial charge in [0.2, 0.25) is 0 Å². The van der Waals surface area contributed by atoms with E-state index in [-0.39, 0.29) is 0 Å². The van der Waals surface area contributed by atoms with Crippen LogP contribution in [-0.2, 0) is 4.74 Å². The van der Waals surface area contributed by atoms with Crippen LogP contribution in [0.4, 0.5) is 0 Å². The number of rotatable bonds is 6. The van der Waals surface area contributed by atoms with Crippen LogP contribution in [0.3, 0.4) is 0 Å². The van der Waals surface area contributed by atoms with Crippen LogP contribution in [-0.4, -0.2) is 50.3 Å². The molecule has 2 fully saturated rings. The number of likely N-dealkylation sites (N-methyl/N-ethyl adjacent to an activating group) is 1. The molecule has 19 heavy (non-hydrogen) atoms. The summed E-state index contributed by atoms with van der Waals surface area (Å²) in [5.41, 5.74) is 0.301. The van der Waals surface area contributed by atoms with Gasteiger partial charge in [-0.2, -0.15) is 0 Å². The van der Waals surface area contributed by atoms with Crippen molar-refractivity contribution in [1.82, 2.24) is 10.2 Å². The van der Waals surface area contributed by atoms with Crippen LogP contribution < -0.4 is 5.32 Å². The zero-order chi connectivity index (χ0) is 14.2. The Kier molecular flexibility index (Phi) is 4.59. The van der Waals surface area contributed by atoms with E-state index in [0.717, 1.165) is 25.0 Å². The van der Waals surface area contributed by atoms with Gasteiger partial charge in [-0.1, -0.05) is 27.7 Å². The summed E-state index contributed by atoms with van der Waals surface area (Å²) in [6.45, 7) is 11.4. The van der Waals surface area contributed by atoms with E-state index in [9.17, 15) is 0 Å². The van der Waals surface area contributed by atoms with Gasteiger partial charge in [0.25, 0.3) is 0 Å². The Morgan fingerprint density at radius 1 is 1.32 bits per heavy atom. The number of hydrogen-bond donors (Lipinski definition) is 1. The minimum absolute atomic E-state index is 0.301. The summed E-state index contributed by atoms with van der Waals surface area (Å²) in [6.07, 6.45) is 2.99. The fourth-order valence-electron chi connectivity index (χ4n) is 4.02. The maximum Gasteiger partial charge on any atom is 0.0685 e. The number of nitrogens with zero attached hydrogens (tertiary/aromatic N) is 1. The average molecular weight is 268 g/mol. The minimum atomic E-state index is 0.301. The summed E-state index contributed by atoms with van der Waals surface area (Å²) >= 11 is 0. The first-order valence-electron chi connectivity index (χ1n) is 7.85. The standard InChI is InChI=1S/C16H32N2O/c1-11(2)9-12(18(5)6)10-17-14-13-7-8-19-15(13)16(14,3)4/h11-15,17H,7-10H2,1-6H3. The molecule has 0 amide bonds. The molecule has 0 aromatic heterocycles. The molecule has 0 aromatic rings. The second-order valence-electron chi connectivity index (χ2n) is 7.70. The molecule has 112 valence electrons. The third-order valence-corrected chi connectivity index (χ3v) is 5.15. The Balaban J connectivity index is 1.87. The molecule has 3 heteroatoms. The molecular weight excluding hydrogens is 236 g/mol. The zero-order valence-corrected chi connectivity index (χ0v) is 13.6. The Morgan fingerprint density at radius 2 is 2.00 bits per heavy atom. The summed E-state index contributed by atoms with van der Waals surface area (Å²) in [5.74, 6) is 1.50. The monoisotopic (exact) mass is 268 g/mol. The molecule has 2 rings (SSSR count). The predicted octanol–water partition coefficient (Wildman–Crippen LogP) is 2.37. The Morgan fingerprint density at radius 3 is 2.58 bits per heavy atom. The fourth-order valence-corrected chi connectivity index (χ4v) is 4.02. The van der Waals surface area contributed by atoms with Gasteiger partial charge in [-0.05, 0) is 32.9 Å². The first-order valence-corrected chi connectivity index (χ1v) is 7.85. The van der Waals surface area contributed by atoms with Crippen LogP contribution in [0.15, 0.2) is 0 Å². The van der Waals surface area contributed by atoms with Crippen molar-refractivity contribution in [1.29, 1.82) is 0 Å². The van der Waals surface area contributed by atoms with Gasteiger partial charge in [-0.15, -0.1) is 0 Å². The van der Waals surface area contributed by atoms with Crippen molar-refractivity contribution in [3.05, 3.63) is 0 Å². The van der Waals surface area contributed by atoms with Gasteiger partial charge >= 0.3 is 0 Å². The van der Waals surface area contributed by atoms with Gasteiger partial charge in [0.15, 0.2) is 0 Å². The number of hydrogen-bond acceptors (Lipinski definition) is 3. The molecule has 2 aliphatic rings. The van der Waals surface area contributed by atoms with Crippen molar-refractivity contribution in [3.8, 4) is 0 Å². The van der Waals surface area contributed by atoms with Crippen molar-refractivity contribution >= 4 is 0 Å². The molecule has 3 nitrogen and oxygen atoms in total. The highest BCUT2D eigenvalue weighted by Crippen LogP contribution is 2.52. The number of fused-ring (bicyclic) bond motifs is 1. The van der Waals surface area contributed by atoms with Crippen LogP contribution in [0.5, 0.6) is 0 Å². The molecule has 4 unspecified atom stereocenters. The maximum absolute atomic E-state index is 5.87. The van der Waals surface area contributed by atoms with E-state index in [1.807, 2.05) is 0 Å². The van der Waals surface area contributed by atoms with E-state index in [4.69, 9.17) is 4.74 Å². The number of nitrogens with one attached hydrogen (secondary N) is 1. The minimum Gasteiger partial charge on any atom is -0.377 e. The van der Waals surface area contributed by atoms with Crippen molar-refractivity contribution < 1.29 is 4.74 Å². The molecule has 1 heterocycles. The van der Waals surface area contributed by atoms with Crippen LogP contribution >= 0.6 is 0 Å². The average Bonchev–Trinajstić information content (AvgIpc) is 2.73. The summed E-state index contributed by atoms with van der Waals surface area (Å²) in [7, 11) is 4.39. The van der Waals surface area contributed by atoms with E-state index in [0.29, 0.717) is 23.6 Å². The van der Waals surface area contributed by atoms with Crippen LogP contribution in [0.1, 0.15) is 40.5 Å². The number of ether oxygens (including phenoxy) is 1. The van der Waals surface area contributed by atoms with E-state index in [2.05, 4.69) is 52.0 Å². The quantitative estimate of drug-likeness (QED) is 0.800. The van der Waals surface area contributed by atoms with Crippen LogP contribution in [0, 0.1) is 17.3 Å². The van der Waals surface area contributed by atoms with Gasteiger partial charge in [0.05, 0.1) is 6.10 Å². The second kappa shape index (κ2) is 5.71. The van der Waals surface area contributed by atoms with Crippen molar-refractivity contribution in [2.75, 3.05) is 27.2 Å². The van der Waals surface area contributed by atoms with E-state index < -0.39 is 0 Å². The summed E-state index contributed by atoms with van der Waals surface area (Å²) in [6, 6.07) is 1.27. The lowest BCUT2D eigenvalue weighted by Gasteiger charge is -2.55. The van der Waals surface area contributed by atoms with Crippen molar-refractivity contribution in [2.45, 2.75) is 58.7 Å². The molecule has 1 aliphatic heterocycles. The van der Waals surface area contributed by atoms with Gasteiger partial charge in [-0.25, -0.2) is 0 Å². The molecule has 0 bridgehead atoms. The highest BCUT2D eigenvalue weighted by molar-refractivity contribution is 5.11. The topological polar surface area (TPSA) is 24.5 Å². The predicted molar refractivity (Wildman–Crippen MR) is 80.3 cm³/mol. The Hall–Kier alpha value is -0.120. The third-order valence-electron chi connectivity index (χ3n) is 5.15. The zero-order valence-electron chi connectivity index (χ0n) is 13.6. The first-order chi connectivity index (χ1) is 8.84. The highest BCUT2D eigenvalue weighted by atomic mass is 16.5. The van der Waals surface area contributed by atoms with Crippen LogP contribution in [0.2, 0.25) is 0 Å². The molecule has 0 aromatic carbocycles. The van der Waals surface area contributed by atoms with E-state index >= 15 is 0 Å². The molecular formula is C16H32N2O. The molecule has 1 N–H and O–H groups in total. The lowest BCUT2D eigenvalue weighted by atomic mass is 9.57. The van der Waals surface area contributed by atoms with Gasteiger partial charge in [-0.3, -0.25) is 0 Å². The highest BCUT2D eigenvalue weighted by Gasteiger charge is 2.58. The normalized spacial score (nSPS) is 34.4. The van der Waals surface area contributed by atoms with Gasteiger partial charge in [0, 0.05) is 36.6 Å².